The molecule has 1 fully saturated rings. The topological polar surface area (TPSA) is 55.4 Å². The molecular weight excluding hydrogens is 278 g/mol. The van der Waals surface area contributed by atoms with Crippen molar-refractivity contribution in [2.45, 2.75) is 76.7 Å². The Labute approximate surface area is 134 Å². The average Bonchev–Trinajstić information content (AvgIpc) is 2.56. The van der Waals surface area contributed by atoms with Gasteiger partial charge in [0.05, 0.1) is 7.11 Å². The summed E-state index contributed by atoms with van der Waals surface area (Å²) in [6.45, 7) is 3.71. The molecule has 0 aromatic heterocycles. The molecule has 0 heterocycles. The van der Waals surface area contributed by atoms with Crippen molar-refractivity contribution in [3.8, 4) is 0 Å². The molecule has 22 heavy (non-hydrogen) atoms. The van der Waals surface area contributed by atoms with Gasteiger partial charge in [0.25, 0.3) is 0 Å². The summed E-state index contributed by atoms with van der Waals surface area (Å²) in [6, 6.07) is -0.487. The predicted molar refractivity (Wildman–Crippen MR) is 88.4 cm³/mol. The highest BCUT2D eigenvalue weighted by Gasteiger charge is 2.26. The first kappa shape index (κ1) is 18.7. The lowest BCUT2D eigenvalue weighted by atomic mass is 9.88. The van der Waals surface area contributed by atoms with Crippen LogP contribution in [0.5, 0.6) is 0 Å². The standard InChI is InChI=1S/C18H31NO3/c1-3-4-5-6-7-11-14-16(18(21)22-2)19-17(20)15-12-9-8-10-13-15/h3,15-16H,1,4-14H2,2H3,(H,19,20)/t16-/m0/s1. The molecule has 0 saturated heterocycles. The molecule has 0 aromatic carbocycles. The lowest BCUT2D eigenvalue weighted by Crippen LogP contribution is -2.44. The zero-order chi connectivity index (χ0) is 16.2. The van der Waals surface area contributed by atoms with Crippen LogP contribution in [-0.2, 0) is 14.3 Å². The zero-order valence-corrected chi connectivity index (χ0v) is 13.9. The molecule has 1 rings (SSSR count). The fourth-order valence-electron chi connectivity index (χ4n) is 3.04. The summed E-state index contributed by atoms with van der Waals surface area (Å²) in [5, 5.41) is 2.91. The number of ether oxygens (including phenoxy) is 1. The molecule has 0 aromatic rings. The zero-order valence-electron chi connectivity index (χ0n) is 13.9. The van der Waals surface area contributed by atoms with Crippen LogP contribution >= 0.6 is 0 Å². The molecule has 0 spiro atoms. The van der Waals surface area contributed by atoms with Crippen LogP contribution in [0.4, 0.5) is 0 Å². The first-order valence-electron chi connectivity index (χ1n) is 8.68. The van der Waals surface area contributed by atoms with Gasteiger partial charge in [0.15, 0.2) is 0 Å². The minimum atomic E-state index is -0.487. The van der Waals surface area contributed by atoms with Gasteiger partial charge >= 0.3 is 5.97 Å². The van der Waals surface area contributed by atoms with Gasteiger partial charge < -0.3 is 10.1 Å². The first-order chi connectivity index (χ1) is 10.7. The molecule has 4 heteroatoms. The highest BCUT2D eigenvalue weighted by atomic mass is 16.5. The Morgan fingerprint density at radius 1 is 1.18 bits per heavy atom. The summed E-state index contributed by atoms with van der Waals surface area (Å²) >= 11 is 0. The molecule has 0 unspecified atom stereocenters. The van der Waals surface area contributed by atoms with E-state index in [1.165, 1.54) is 13.5 Å². The van der Waals surface area contributed by atoms with Gasteiger partial charge in [0.1, 0.15) is 6.04 Å². The van der Waals surface area contributed by atoms with Gasteiger partial charge in [-0.25, -0.2) is 4.79 Å². The normalized spacial score (nSPS) is 16.8. The van der Waals surface area contributed by atoms with Crippen LogP contribution in [0.3, 0.4) is 0 Å². The van der Waals surface area contributed by atoms with E-state index in [9.17, 15) is 9.59 Å². The largest absolute Gasteiger partial charge is 0.467 e. The number of carbonyl (C=O) groups excluding carboxylic acids is 2. The lowest BCUT2D eigenvalue weighted by Gasteiger charge is -2.23. The van der Waals surface area contributed by atoms with Crippen molar-refractivity contribution in [3.05, 3.63) is 12.7 Å². The van der Waals surface area contributed by atoms with Crippen LogP contribution in [0, 0.1) is 5.92 Å². The number of hydrogen-bond acceptors (Lipinski definition) is 3. The van der Waals surface area contributed by atoms with E-state index in [1.807, 2.05) is 6.08 Å². The number of unbranched alkanes of at least 4 members (excludes halogenated alkanes) is 4. The summed E-state index contributed by atoms with van der Waals surface area (Å²) in [6.07, 6.45) is 13.3. The Morgan fingerprint density at radius 3 is 2.50 bits per heavy atom. The Bertz CT molecular complexity index is 348. The van der Waals surface area contributed by atoms with Crippen molar-refractivity contribution < 1.29 is 14.3 Å². The number of nitrogens with one attached hydrogen (secondary N) is 1. The molecule has 126 valence electrons. The second kappa shape index (κ2) is 11.3. The van der Waals surface area contributed by atoms with Crippen LogP contribution in [0.15, 0.2) is 12.7 Å². The van der Waals surface area contributed by atoms with Crippen LogP contribution in [-0.4, -0.2) is 25.0 Å². The highest BCUT2D eigenvalue weighted by Crippen LogP contribution is 2.24. The van der Waals surface area contributed by atoms with E-state index in [-0.39, 0.29) is 17.8 Å². The molecule has 1 amide bonds. The molecule has 1 aliphatic rings. The number of rotatable bonds is 10. The summed E-state index contributed by atoms with van der Waals surface area (Å²) in [7, 11) is 1.38. The molecule has 1 atom stereocenters. The number of carbonyl (C=O) groups is 2. The number of methoxy groups -OCH3 is 1. The molecule has 1 aliphatic carbocycles. The van der Waals surface area contributed by atoms with Gasteiger partial charge in [0.2, 0.25) is 5.91 Å². The highest BCUT2D eigenvalue weighted by molar-refractivity contribution is 5.85. The third kappa shape index (κ3) is 7.10. The summed E-state index contributed by atoms with van der Waals surface area (Å²) in [5.41, 5.74) is 0. The Morgan fingerprint density at radius 2 is 1.86 bits per heavy atom. The number of hydrogen-bond donors (Lipinski definition) is 1. The SMILES string of the molecule is C=CCCCCCC[C@H](NC(=O)C1CCCCC1)C(=O)OC. The third-order valence-corrected chi connectivity index (χ3v) is 4.43. The molecule has 0 radical (unpaired) electrons. The van der Waals surface area contributed by atoms with Gasteiger partial charge in [-0.1, -0.05) is 44.6 Å². The Kier molecular flexibility index (Phi) is 9.60. The first-order valence-corrected chi connectivity index (χ1v) is 8.68. The van der Waals surface area contributed by atoms with E-state index < -0.39 is 6.04 Å². The molecule has 4 nitrogen and oxygen atoms in total. The van der Waals surface area contributed by atoms with Gasteiger partial charge in [-0.15, -0.1) is 6.58 Å². The van der Waals surface area contributed by atoms with Crippen molar-refractivity contribution in [3.63, 3.8) is 0 Å². The van der Waals surface area contributed by atoms with E-state index in [1.54, 1.807) is 0 Å². The van der Waals surface area contributed by atoms with E-state index >= 15 is 0 Å². The van der Waals surface area contributed by atoms with Crippen molar-refractivity contribution >= 4 is 11.9 Å². The number of esters is 1. The van der Waals surface area contributed by atoms with Gasteiger partial charge in [0, 0.05) is 5.92 Å². The van der Waals surface area contributed by atoms with E-state index in [4.69, 9.17) is 4.74 Å². The lowest BCUT2D eigenvalue weighted by molar-refractivity contribution is -0.146. The smallest absolute Gasteiger partial charge is 0.328 e. The number of amides is 1. The van der Waals surface area contributed by atoms with Gasteiger partial charge in [-0.3, -0.25) is 4.79 Å². The van der Waals surface area contributed by atoms with E-state index in [0.29, 0.717) is 6.42 Å². The second-order valence-electron chi connectivity index (χ2n) is 6.20. The Balaban J connectivity index is 2.34. The summed E-state index contributed by atoms with van der Waals surface area (Å²) in [5.74, 6) is -0.217. The van der Waals surface area contributed by atoms with Gasteiger partial charge in [-0.05, 0) is 32.1 Å². The minimum absolute atomic E-state index is 0.0294. The molecule has 0 aliphatic heterocycles. The van der Waals surface area contributed by atoms with E-state index in [2.05, 4.69) is 11.9 Å². The van der Waals surface area contributed by atoms with Crippen LogP contribution in [0.2, 0.25) is 0 Å². The second-order valence-corrected chi connectivity index (χ2v) is 6.20. The minimum Gasteiger partial charge on any atom is -0.467 e. The summed E-state index contributed by atoms with van der Waals surface area (Å²) in [4.78, 5) is 24.1. The average molecular weight is 309 g/mol. The predicted octanol–water partition coefficient (Wildman–Crippen LogP) is 3.75. The van der Waals surface area contributed by atoms with Crippen molar-refractivity contribution in [1.29, 1.82) is 0 Å². The van der Waals surface area contributed by atoms with Crippen LogP contribution in [0.1, 0.15) is 70.6 Å². The number of allylic oxidation sites excluding steroid dienone is 1. The van der Waals surface area contributed by atoms with Crippen molar-refractivity contribution in [1.82, 2.24) is 5.32 Å². The Hall–Kier alpha value is -1.32. The molecular formula is C18H31NO3. The van der Waals surface area contributed by atoms with Gasteiger partial charge in [-0.2, -0.15) is 0 Å². The fraction of sp³-hybridized carbons (Fsp3) is 0.778. The van der Waals surface area contributed by atoms with E-state index in [0.717, 1.165) is 57.8 Å². The monoisotopic (exact) mass is 309 g/mol. The van der Waals surface area contributed by atoms with Crippen molar-refractivity contribution in [2.24, 2.45) is 5.92 Å². The molecule has 1 saturated carbocycles. The maximum Gasteiger partial charge on any atom is 0.328 e. The quantitative estimate of drug-likeness (QED) is 0.380. The van der Waals surface area contributed by atoms with Crippen LogP contribution < -0.4 is 5.32 Å². The molecule has 1 N–H and O–H groups in total. The fourth-order valence-corrected chi connectivity index (χ4v) is 3.04. The van der Waals surface area contributed by atoms with Crippen LogP contribution in [0.25, 0.3) is 0 Å². The maximum absolute atomic E-state index is 12.3. The maximum atomic E-state index is 12.3. The van der Waals surface area contributed by atoms with Crippen molar-refractivity contribution in [2.75, 3.05) is 7.11 Å². The summed E-state index contributed by atoms with van der Waals surface area (Å²) < 4.78 is 4.83. The third-order valence-electron chi connectivity index (χ3n) is 4.43. The molecule has 0 bridgehead atoms.